The Kier molecular flexibility index (Phi) is 6.21. The van der Waals surface area contributed by atoms with Gasteiger partial charge in [0.15, 0.2) is 0 Å². The van der Waals surface area contributed by atoms with Gasteiger partial charge in [-0.15, -0.1) is 0 Å². The third-order valence-corrected chi connectivity index (χ3v) is 4.30. The van der Waals surface area contributed by atoms with E-state index in [0.717, 1.165) is 51.5 Å². The number of nitrogens with zero attached hydrogens (tertiary/aromatic N) is 3. The van der Waals surface area contributed by atoms with Crippen LogP contribution in [0.5, 0.6) is 0 Å². The molecule has 1 aliphatic heterocycles. The van der Waals surface area contributed by atoms with Crippen LogP contribution in [0.4, 0.5) is 5.69 Å². The second-order valence-electron chi connectivity index (χ2n) is 5.86. The van der Waals surface area contributed by atoms with Crippen LogP contribution in [0.25, 0.3) is 0 Å². The molecule has 5 nitrogen and oxygen atoms in total. The van der Waals surface area contributed by atoms with Crippen molar-refractivity contribution in [2.75, 3.05) is 51.5 Å². The van der Waals surface area contributed by atoms with Crippen molar-refractivity contribution in [1.29, 1.82) is 0 Å². The monoisotopic (exact) mass is 304 g/mol. The van der Waals surface area contributed by atoms with Gasteiger partial charge in [0, 0.05) is 51.5 Å². The molecule has 0 saturated carbocycles. The molecule has 1 aromatic carbocycles. The number of anilines is 1. The molecule has 0 spiro atoms. The summed E-state index contributed by atoms with van der Waals surface area (Å²) in [4.78, 5) is 18.7. The maximum Gasteiger partial charge on any atom is 0.236 e. The molecular weight excluding hydrogens is 276 g/mol. The second kappa shape index (κ2) is 8.15. The number of nitrogens with two attached hydrogens (primary N) is 1. The average Bonchev–Trinajstić information content (AvgIpc) is 2.50. The summed E-state index contributed by atoms with van der Waals surface area (Å²) in [6.07, 6.45) is 0. The highest BCUT2D eigenvalue weighted by Crippen LogP contribution is 2.11. The Labute approximate surface area is 133 Å². The number of nitrogen functional groups attached to an aromatic ring is 1. The number of hydrogen-bond acceptors (Lipinski definition) is 4. The average molecular weight is 304 g/mol. The molecule has 1 aromatic rings. The number of carbonyl (C=O) groups excluding carboxylic acids is 1. The number of amides is 1. The van der Waals surface area contributed by atoms with Gasteiger partial charge in [-0.25, -0.2) is 0 Å². The molecule has 122 valence electrons. The van der Waals surface area contributed by atoms with Gasteiger partial charge in [-0.2, -0.15) is 0 Å². The van der Waals surface area contributed by atoms with E-state index in [4.69, 9.17) is 5.73 Å². The number of likely N-dealkylation sites (N-methyl/N-ethyl adjacent to an activating group) is 1. The molecule has 0 radical (unpaired) electrons. The topological polar surface area (TPSA) is 52.8 Å². The third-order valence-electron chi connectivity index (χ3n) is 4.30. The van der Waals surface area contributed by atoms with E-state index in [1.165, 1.54) is 5.56 Å². The summed E-state index contributed by atoms with van der Waals surface area (Å²) < 4.78 is 0. The zero-order valence-corrected chi connectivity index (χ0v) is 13.8. The van der Waals surface area contributed by atoms with Crippen LogP contribution in [0.2, 0.25) is 0 Å². The van der Waals surface area contributed by atoms with E-state index in [9.17, 15) is 4.79 Å². The molecule has 0 unspecified atom stereocenters. The molecule has 1 amide bonds. The highest BCUT2D eigenvalue weighted by atomic mass is 16.2. The van der Waals surface area contributed by atoms with Gasteiger partial charge in [0.05, 0.1) is 6.54 Å². The van der Waals surface area contributed by atoms with E-state index in [0.29, 0.717) is 6.54 Å². The Hall–Kier alpha value is -1.59. The Morgan fingerprint density at radius 3 is 2.36 bits per heavy atom. The van der Waals surface area contributed by atoms with E-state index in [-0.39, 0.29) is 5.91 Å². The van der Waals surface area contributed by atoms with Crippen LogP contribution in [0.3, 0.4) is 0 Å². The van der Waals surface area contributed by atoms with Gasteiger partial charge in [-0.05, 0) is 31.5 Å². The predicted molar refractivity (Wildman–Crippen MR) is 90.5 cm³/mol. The van der Waals surface area contributed by atoms with Gasteiger partial charge in [0.1, 0.15) is 0 Å². The lowest BCUT2D eigenvalue weighted by atomic mass is 10.2. The number of piperazine rings is 1. The fourth-order valence-electron chi connectivity index (χ4n) is 2.92. The molecule has 2 rings (SSSR count). The SMILES string of the molecule is CCN(CC)C(=O)CN1CCN(Cc2cccc(N)c2)CC1. The predicted octanol–water partition coefficient (Wildman–Crippen LogP) is 1.25. The van der Waals surface area contributed by atoms with Crippen LogP contribution < -0.4 is 5.73 Å². The molecule has 22 heavy (non-hydrogen) atoms. The molecule has 2 N–H and O–H groups in total. The summed E-state index contributed by atoms with van der Waals surface area (Å²) in [5, 5.41) is 0. The van der Waals surface area contributed by atoms with Crippen molar-refractivity contribution in [2.24, 2.45) is 0 Å². The van der Waals surface area contributed by atoms with Crippen molar-refractivity contribution < 1.29 is 4.79 Å². The van der Waals surface area contributed by atoms with E-state index < -0.39 is 0 Å². The first-order valence-electron chi connectivity index (χ1n) is 8.19. The van der Waals surface area contributed by atoms with E-state index in [1.807, 2.05) is 36.9 Å². The minimum Gasteiger partial charge on any atom is -0.399 e. The molecule has 0 atom stereocenters. The summed E-state index contributed by atoms with van der Waals surface area (Å²) in [7, 11) is 0. The fraction of sp³-hybridized carbons (Fsp3) is 0.588. The first kappa shape index (κ1) is 16.8. The van der Waals surface area contributed by atoms with E-state index in [2.05, 4.69) is 15.9 Å². The molecule has 1 heterocycles. The lowest BCUT2D eigenvalue weighted by Gasteiger charge is -2.35. The van der Waals surface area contributed by atoms with Gasteiger partial charge < -0.3 is 10.6 Å². The molecule has 1 aliphatic rings. The van der Waals surface area contributed by atoms with Crippen molar-refractivity contribution in [3.63, 3.8) is 0 Å². The standard InChI is InChI=1S/C17H28N4O/c1-3-21(4-2)17(22)14-20-10-8-19(9-11-20)13-15-6-5-7-16(18)12-15/h5-7,12H,3-4,8-11,13-14,18H2,1-2H3. The number of rotatable bonds is 6. The molecule has 1 fully saturated rings. The van der Waals surface area contributed by atoms with Crippen LogP contribution in [-0.4, -0.2) is 66.4 Å². The zero-order chi connectivity index (χ0) is 15.9. The zero-order valence-electron chi connectivity index (χ0n) is 13.8. The van der Waals surface area contributed by atoms with Crippen molar-refractivity contribution in [2.45, 2.75) is 20.4 Å². The largest absolute Gasteiger partial charge is 0.399 e. The Morgan fingerprint density at radius 2 is 1.77 bits per heavy atom. The number of hydrogen-bond donors (Lipinski definition) is 1. The summed E-state index contributed by atoms with van der Waals surface area (Å²) >= 11 is 0. The van der Waals surface area contributed by atoms with Gasteiger partial charge in [0.2, 0.25) is 5.91 Å². The first-order chi connectivity index (χ1) is 10.6. The van der Waals surface area contributed by atoms with Crippen molar-refractivity contribution in [1.82, 2.24) is 14.7 Å². The smallest absolute Gasteiger partial charge is 0.236 e. The molecule has 1 saturated heterocycles. The number of carbonyl (C=O) groups is 1. The van der Waals surface area contributed by atoms with Gasteiger partial charge in [0.25, 0.3) is 0 Å². The number of benzene rings is 1. The third kappa shape index (κ3) is 4.71. The maximum atomic E-state index is 12.1. The van der Waals surface area contributed by atoms with Crippen molar-refractivity contribution in [3.8, 4) is 0 Å². The first-order valence-corrected chi connectivity index (χ1v) is 8.19. The van der Waals surface area contributed by atoms with Crippen LogP contribution in [0.15, 0.2) is 24.3 Å². The van der Waals surface area contributed by atoms with Crippen molar-refractivity contribution >= 4 is 11.6 Å². The fourth-order valence-corrected chi connectivity index (χ4v) is 2.92. The second-order valence-corrected chi connectivity index (χ2v) is 5.86. The maximum absolute atomic E-state index is 12.1. The summed E-state index contributed by atoms with van der Waals surface area (Å²) in [5.74, 6) is 0.245. The lowest BCUT2D eigenvalue weighted by Crippen LogP contribution is -2.49. The van der Waals surface area contributed by atoms with Gasteiger partial charge in [-0.3, -0.25) is 14.6 Å². The molecule has 0 aliphatic carbocycles. The van der Waals surface area contributed by atoms with Crippen LogP contribution in [0.1, 0.15) is 19.4 Å². The molecular formula is C17H28N4O. The molecule has 0 aromatic heterocycles. The highest BCUT2D eigenvalue weighted by molar-refractivity contribution is 5.78. The van der Waals surface area contributed by atoms with Crippen molar-refractivity contribution in [3.05, 3.63) is 29.8 Å². The minimum atomic E-state index is 0.245. The van der Waals surface area contributed by atoms with E-state index in [1.54, 1.807) is 0 Å². The quantitative estimate of drug-likeness (QED) is 0.804. The normalized spacial score (nSPS) is 16.6. The van der Waals surface area contributed by atoms with Crippen LogP contribution in [-0.2, 0) is 11.3 Å². The van der Waals surface area contributed by atoms with Gasteiger partial charge >= 0.3 is 0 Å². The summed E-state index contributed by atoms with van der Waals surface area (Å²) in [6, 6.07) is 8.08. The van der Waals surface area contributed by atoms with Gasteiger partial charge in [-0.1, -0.05) is 12.1 Å². The Morgan fingerprint density at radius 1 is 1.14 bits per heavy atom. The highest BCUT2D eigenvalue weighted by Gasteiger charge is 2.20. The van der Waals surface area contributed by atoms with Crippen LogP contribution in [0, 0.1) is 0 Å². The lowest BCUT2D eigenvalue weighted by molar-refractivity contribution is -0.132. The van der Waals surface area contributed by atoms with Crippen LogP contribution >= 0.6 is 0 Å². The Balaban J connectivity index is 1.77. The summed E-state index contributed by atoms with van der Waals surface area (Å²) in [6.45, 7) is 11.0. The molecule has 5 heteroatoms. The Bertz CT molecular complexity index is 479. The van der Waals surface area contributed by atoms with E-state index >= 15 is 0 Å². The minimum absolute atomic E-state index is 0.245. The molecule has 0 bridgehead atoms. The summed E-state index contributed by atoms with van der Waals surface area (Å²) in [5.41, 5.74) is 7.90.